The zero-order chi connectivity index (χ0) is 16.9. The van der Waals surface area contributed by atoms with Crippen molar-refractivity contribution in [3.05, 3.63) is 23.4 Å². The van der Waals surface area contributed by atoms with Crippen LogP contribution in [0.1, 0.15) is 50.3 Å². The molecule has 24 heavy (non-hydrogen) atoms. The number of nitrogens with one attached hydrogen (secondary N) is 1. The molecule has 1 aliphatic heterocycles. The largest absolute Gasteiger partial charge is 0.481 e. The van der Waals surface area contributed by atoms with Crippen LogP contribution in [0.2, 0.25) is 0 Å². The fraction of sp³-hybridized carbons (Fsp3) is 0.684. The molecule has 1 aromatic heterocycles. The van der Waals surface area contributed by atoms with Gasteiger partial charge in [-0.3, -0.25) is 4.79 Å². The fourth-order valence-corrected chi connectivity index (χ4v) is 3.44. The molecule has 1 unspecified atom stereocenters. The molecule has 2 N–H and O–H groups in total. The summed E-state index contributed by atoms with van der Waals surface area (Å²) in [5.74, 6) is 0.750. The molecule has 2 aliphatic rings. The molecular formula is C19H28N2O3. The quantitative estimate of drug-likeness (QED) is 0.764. The summed E-state index contributed by atoms with van der Waals surface area (Å²) in [4.78, 5) is 15.5. The molecule has 1 saturated carbocycles. The van der Waals surface area contributed by atoms with Gasteiger partial charge in [-0.15, -0.1) is 0 Å². The maximum Gasteiger partial charge on any atom is 0.306 e. The predicted octanol–water partition coefficient (Wildman–Crippen LogP) is 3.28. The first kappa shape index (κ1) is 17.2. The van der Waals surface area contributed by atoms with Crippen LogP contribution < -0.4 is 5.32 Å². The molecule has 1 atom stereocenters. The molecule has 5 nitrogen and oxygen atoms in total. The minimum Gasteiger partial charge on any atom is -0.481 e. The van der Waals surface area contributed by atoms with Gasteiger partial charge in [0.15, 0.2) is 0 Å². The van der Waals surface area contributed by atoms with Crippen LogP contribution in [-0.4, -0.2) is 35.3 Å². The first-order valence-corrected chi connectivity index (χ1v) is 9.19. The fourth-order valence-electron chi connectivity index (χ4n) is 3.44. The third-order valence-electron chi connectivity index (χ3n) is 5.28. The van der Waals surface area contributed by atoms with Gasteiger partial charge < -0.3 is 15.2 Å². The number of aliphatic carboxylic acids is 1. The Morgan fingerprint density at radius 1 is 1.46 bits per heavy atom. The molecule has 0 amide bonds. The summed E-state index contributed by atoms with van der Waals surface area (Å²) in [6, 6.07) is 4.39. The van der Waals surface area contributed by atoms with Gasteiger partial charge in [-0.1, -0.05) is 13.0 Å². The second-order valence-electron chi connectivity index (χ2n) is 7.24. The number of rotatable bonds is 8. The Morgan fingerprint density at radius 2 is 2.29 bits per heavy atom. The first-order chi connectivity index (χ1) is 11.6. The molecule has 5 heteroatoms. The average Bonchev–Trinajstić information content (AvgIpc) is 2.55. The number of hydrogen-bond acceptors (Lipinski definition) is 4. The van der Waals surface area contributed by atoms with E-state index in [1.54, 1.807) is 6.92 Å². The summed E-state index contributed by atoms with van der Waals surface area (Å²) >= 11 is 0. The number of nitrogens with zero attached hydrogens (tertiary/aromatic N) is 1. The maximum absolute atomic E-state index is 10.8. The van der Waals surface area contributed by atoms with Gasteiger partial charge in [-0.2, -0.15) is 0 Å². The highest BCUT2D eigenvalue weighted by atomic mass is 16.5. The standard InChI is InChI=1S/C19H28N2O3/c1-13(19(22)23)8-10-24-17-11-14(12-17)4-6-16-7-5-15-3-2-9-20-18(15)21-16/h5,7,13-14,17H,2-4,6,8-12H2,1H3,(H,20,21)(H,22,23)/t13?,14-,17+. The van der Waals surface area contributed by atoms with E-state index in [1.165, 1.54) is 17.7 Å². The van der Waals surface area contributed by atoms with Crippen LogP contribution in [0.15, 0.2) is 12.1 Å². The minimum absolute atomic E-state index is 0.315. The van der Waals surface area contributed by atoms with Crippen molar-refractivity contribution >= 4 is 11.8 Å². The molecule has 1 aromatic rings. The van der Waals surface area contributed by atoms with Gasteiger partial charge in [0, 0.05) is 18.8 Å². The Labute approximate surface area is 143 Å². The van der Waals surface area contributed by atoms with E-state index in [4.69, 9.17) is 14.8 Å². The van der Waals surface area contributed by atoms with E-state index >= 15 is 0 Å². The van der Waals surface area contributed by atoms with Gasteiger partial charge in [-0.25, -0.2) is 4.98 Å². The van der Waals surface area contributed by atoms with Crippen LogP contribution >= 0.6 is 0 Å². The minimum atomic E-state index is -0.739. The summed E-state index contributed by atoms with van der Waals surface area (Å²) in [5.41, 5.74) is 2.53. The zero-order valence-corrected chi connectivity index (χ0v) is 14.5. The number of ether oxygens (including phenoxy) is 1. The number of pyridine rings is 1. The van der Waals surface area contributed by atoms with Crippen molar-refractivity contribution in [2.24, 2.45) is 11.8 Å². The number of carbonyl (C=O) groups is 1. The van der Waals surface area contributed by atoms with Gasteiger partial charge in [-0.05, 0) is 62.5 Å². The summed E-state index contributed by atoms with van der Waals surface area (Å²) in [7, 11) is 0. The molecule has 0 spiro atoms. The second kappa shape index (κ2) is 7.97. The normalized spacial score (nSPS) is 23.7. The lowest BCUT2D eigenvalue weighted by atomic mass is 9.79. The lowest BCUT2D eigenvalue weighted by Gasteiger charge is -2.35. The highest BCUT2D eigenvalue weighted by molar-refractivity contribution is 5.69. The van der Waals surface area contributed by atoms with Crippen LogP contribution in [0.3, 0.4) is 0 Å². The first-order valence-electron chi connectivity index (χ1n) is 9.19. The van der Waals surface area contributed by atoms with E-state index in [0.717, 1.165) is 50.4 Å². The number of hydrogen-bond donors (Lipinski definition) is 2. The van der Waals surface area contributed by atoms with Crippen LogP contribution in [0, 0.1) is 11.8 Å². The molecule has 1 aliphatic carbocycles. The van der Waals surface area contributed by atoms with Crippen LogP contribution in [0.5, 0.6) is 0 Å². The Kier molecular flexibility index (Phi) is 5.72. The van der Waals surface area contributed by atoms with Crippen molar-refractivity contribution in [3.8, 4) is 0 Å². The molecular weight excluding hydrogens is 304 g/mol. The smallest absolute Gasteiger partial charge is 0.306 e. The van der Waals surface area contributed by atoms with Crippen molar-refractivity contribution in [2.75, 3.05) is 18.5 Å². The second-order valence-corrected chi connectivity index (χ2v) is 7.24. The number of aromatic nitrogens is 1. The Hall–Kier alpha value is -1.62. The molecule has 1 fully saturated rings. The van der Waals surface area contributed by atoms with Crippen LogP contribution in [-0.2, 0) is 22.4 Å². The third kappa shape index (κ3) is 4.47. The summed E-state index contributed by atoms with van der Waals surface area (Å²) in [5, 5.41) is 12.2. The predicted molar refractivity (Wildman–Crippen MR) is 93.2 cm³/mol. The number of carboxylic acid groups (broad SMARTS) is 1. The SMILES string of the molecule is CC(CCO[C@H]1C[C@@H](CCc2ccc3c(n2)NCCC3)C1)C(=O)O. The van der Waals surface area contributed by atoms with Gasteiger partial charge in [0.25, 0.3) is 0 Å². The topological polar surface area (TPSA) is 71.5 Å². The molecule has 132 valence electrons. The number of carboxylic acids is 1. The Morgan fingerprint density at radius 3 is 3.08 bits per heavy atom. The van der Waals surface area contributed by atoms with E-state index in [9.17, 15) is 4.79 Å². The van der Waals surface area contributed by atoms with Crippen molar-refractivity contribution in [1.29, 1.82) is 0 Å². The van der Waals surface area contributed by atoms with E-state index in [2.05, 4.69) is 17.4 Å². The van der Waals surface area contributed by atoms with Crippen molar-refractivity contribution in [2.45, 2.75) is 58.0 Å². The molecule has 0 radical (unpaired) electrons. The Balaban J connectivity index is 1.32. The molecule has 2 heterocycles. The van der Waals surface area contributed by atoms with Gasteiger partial charge >= 0.3 is 5.97 Å². The summed E-state index contributed by atoms with van der Waals surface area (Å²) in [6.07, 6.45) is 7.66. The van der Waals surface area contributed by atoms with E-state index in [1.807, 2.05) is 0 Å². The highest BCUT2D eigenvalue weighted by Gasteiger charge is 2.29. The summed E-state index contributed by atoms with van der Waals surface area (Å²) in [6.45, 7) is 3.32. The monoisotopic (exact) mass is 332 g/mol. The molecule has 3 rings (SSSR count). The number of fused-ring (bicyclic) bond motifs is 1. The highest BCUT2D eigenvalue weighted by Crippen LogP contribution is 2.34. The van der Waals surface area contributed by atoms with Gasteiger partial charge in [0.05, 0.1) is 12.0 Å². The maximum atomic E-state index is 10.8. The lowest BCUT2D eigenvalue weighted by molar-refractivity contribution is -0.142. The van der Waals surface area contributed by atoms with E-state index < -0.39 is 5.97 Å². The molecule has 0 saturated heterocycles. The molecule has 0 aromatic carbocycles. The summed E-state index contributed by atoms with van der Waals surface area (Å²) < 4.78 is 5.77. The van der Waals surface area contributed by atoms with E-state index in [-0.39, 0.29) is 5.92 Å². The van der Waals surface area contributed by atoms with Gasteiger partial charge in [0.1, 0.15) is 5.82 Å². The molecule has 0 bridgehead atoms. The van der Waals surface area contributed by atoms with Crippen molar-refractivity contribution in [3.63, 3.8) is 0 Å². The van der Waals surface area contributed by atoms with Crippen LogP contribution in [0.25, 0.3) is 0 Å². The average molecular weight is 332 g/mol. The lowest BCUT2D eigenvalue weighted by Crippen LogP contribution is -2.32. The van der Waals surface area contributed by atoms with Gasteiger partial charge in [0.2, 0.25) is 0 Å². The number of anilines is 1. The van der Waals surface area contributed by atoms with Crippen LogP contribution in [0.4, 0.5) is 5.82 Å². The Bertz CT molecular complexity index is 570. The zero-order valence-electron chi connectivity index (χ0n) is 14.5. The van der Waals surface area contributed by atoms with Crippen molar-refractivity contribution < 1.29 is 14.6 Å². The van der Waals surface area contributed by atoms with E-state index in [0.29, 0.717) is 19.1 Å². The third-order valence-corrected chi connectivity index (χ3v) is 5.28. The number of aryl methyl sites for hydroxylation is 2. The van der Waals surface area contributed by atoms with Crippen molar-refractivity contribution in [1.82, 2.24) is 4.98 Å².